The number of ketones is 1. The van der Waals surface area contributed by atoms with E-state index in [-0.39, 0.29) is 5.78 Å². The van der Waals surface area contributed by atoms with Crippen molar-refractivity contribution in [2.45, 2.75) is 52.7 Å². The highest BCUT2D eigenvalue weighted by Gasteiger charge is 2.52. The second-order valence-corrected chi connectivity index (χ2v) is 6.76. The number of hydrogen-bond donors (Lipinski definition) is 0. The van der Waals surface area contributed by atoms with E-state index in [9.17, 15) is 4.79 Å². The quantitative estimate of drug-likeness (QED) is 0.619. The predicted molar refractivity (Wildman–Crippen MR) is 93.0 cm³/mol. The van der Waals surface area contributed by atoms with Gasteiger partial charge in [0.2, 0.25) is 0 Å². The van der Waals surface area contributed by atoms with Gasteiger partial charge in [-0.25, -0.2) is 0 Å². The summed E-state index contributed by atoms with van der Waals surface area (Å²) in [5.74, 6) is 0.752. The molecular formula is C18H25BO4. The number of allylic oxidation sites excluding steroid dienone is 1. The molecule has 0 amide bonds. The lowest BCUT2D eigenvalue weighted by Crippen LogP contribution is -2.41. The van der Waals surface area contributed by atoms with E-state index >= 15 is 0 Å². The van der Waals surface area contributed by atoms with Gasteiger partial charge in [-0.15, -0.1) is 0 Å². The molecule has 124 valence electrons. The maximum Gasteiger partial charge on any atom is 0.498 e. The Morgan fingerprint density at radius 1 is 1.22 bits per heavy atom. The standard InChI is InChI=1S/C18H25BO4/c1-7-21-16-11-10-14(9-8-13(2)20)12-15(16)19-22-17(3,4)18(5,6)23-19/h8-12H,7H2,1-6H3/b9-8+. The third-order valence-electron chi connectivity index (χ3n) is 4.35. The van der Waals surface area contributed by atoms with E-state index in [1.807, 2.05) is 52.8 Å². The maximum absolute atomic E-state index is 11.1. The zero-order valence-electron chi connectivity index (χ0n) is 14.8. The van der Waals surface area contributed by atoms with Gasteiger partial charge in [0, 0.05) is 5.46 Å². The van der Waals surface area contributed by atoms with Crippen molar-refractivity contribution in [3.63, 3.8) is 0 Å². The first-order valence-corrected chi connectivity index (χ1v) is 7.97. The zero-order valence-corrected chi connectivity index (χ0v) is 14.8. The van der Waals surface area contributed by atoms with Crippen LogP contribution < -0.4 is 10.2 Å². The van der Waals surface area contributed by atoms with Crippen molar-refractivity contribution in [3.8, 4) is 5.75 Å². The molecule has 4 nitrogen and oxygen atoms in total. The van der Waals surface area contributed by atoms with Crippen LogP contribution >= 0.6 is 0 Å². The number of carbonyl (C=O) groups excluding carboxylic acids is 1. The van der Waals surface area contributed by atoms with Crippen LogP contribution in [0, 0.1) is 0 Å². The van der Waals surface area contributed by atoms with Gasteiger partial charge in [-0.1, -0.05) is 18.2 Å². The van der Waals surface area contributed by atoms with E-state index in [4.69, 9.17) is 14.0 Å². The second kappa shape index (κ2) is 6.50. The third-order valence-corrected chi connectivity index (χ3v) is 4.35. The Kier molecular flexibility index (Phi) is 5.02. The Hall–Kier alpha value is -1.59. The highest BCUT2D eigenvalue weighted by atomic mass is 16.7. The Morgan fingerprint density at radius 3 is 2.35 bits per heavy atom. The molecule has 0 atom stereocenters. The molecule has 1 aromatic rings. The number of ether oxygens (including phenoxy) is 1. The lowest BCUT2D eigenvalue weighted by Gasteiger charge is -2.32. The van der Waals surface area contributed by atoms with Crippen LogP contribution in [0.5, 0.6) is 5.75 Å². The van der Waals surface area contributed by atoms with Crippen LogP contribution in [0.15, 0.2) is 24.3 Å². The van der Waals surface area contributed by atoms with Crippen molar-refractivity contribution >= 4 is 24.4 Å². The summed E-state index contributed by atoms with van der Waals surface area (Å²) in [6.07, 6.45) is 3.33. The fourth-order valence-electron chi connectivity index (χ4n) is 2.33. The van der Waals surface area contributed by atoms with Crippen molar-refractivity contribution in [3.05, 3.63) is 29.8 Å². The molecule has 1 heterocycles. The van der Waals surface area contributed by atoms with Crippen molar-refractivity contribution in [1.82, 2.24) is 0 Å². The van der Waals surface area contributed by atoms with Gasteiger partial charge in [-0.3, -0.25) is 4.79 Å². The van der Waals surface area contributed by atoms with Gasteiger partial charge in [-0.05, 0) is 59.2 Å². The summed E-state index contributed by atoms with van der Waals surface area (Å²) in [7, 11) is -0.493. The predicted octanol–water partition coefficient (Wildman–Crippen LogP) is 2.99. The minimum atomic E-state index is -0.493. The van der Waals surface area contributed by atoms with E-state index in [1.165, 1.54) is 6.92 Å². The molecule has 0 aromatic heterocycles. The molecule has 23 heavy (non-hydrogen) atoms. The largest absolute Gasteiger partial charge is 0.498 e. The molecule has 0 spiro atoms. The first-order valence-electron chi connectivity index (χ1n) is 7.97. The maximum atomic E-state index is 11.1. The van der Waals surface area contributed by atoms with Gasteiger partial charge in [-0.2, -0.15) is 0 Å². The molecule has 1 fully saturated rings. The van der Waals surface area contributed by atoms with Gasteiger partial charge >= 0.3 is 7.12 Å². The molecule has 0 radical (unpaired) electrons. The van der Waals surface area contributed by atoms with Crippen LogP contribution in [0.25, 0.3) is 6.08 Å². The van der Waals surface area contributed by atoms with Gasteiger partial charge in [0.15, 0.2) is 5.78 Å². The first kappa shape index (κ1) is 17.8. The molecule has 0 saturated carbocycles. The Bertz CT molecular complexity index is 603. The lowest BCUT2D eigenvalue weighted by atomic mass is 9.77. The molecule has 1 saturated heterocycles. The van der Waals surface area contributed by atoms with E-state index in [0.717, 1.165) is 16.8 Å². The summed E-state index contributed by atoms with van der Waals surface area (Å²) in [4.78, 5) is 11.1. The van der Waals surface area contributed by atoms with E-state index in [2.05, 4.69) is 0 Å². The molecule has 0 unspecified atom stereocenters. The van der Waals surface area contributed by atoms with Crippen LogP contribution in [-0.4, -0.2) is 30.7 Å². The fourth-order valence-corrected chi connectivity index (χ4v) is 2.33. The van der Waals surface area contributed by atoms with Crippen LogP contribution in [0.2, 0.25) is 0 Å². The van der Waals surface area contributed by atoms with Gasteiger partial charge in [0.05, 0.1) is 17.8 Å². The average molecular weight is 316 g/mol. The topological polar surface area (TPSA) is 44.8 Å². The molecule has 0 N–H and O–H groups in total. The van der Waals surface area contributed by atoms with E-state index < -0.39 is 18.3 Å². The lowest BCUT2D eigenvalue weighted by molar-refractivity contribution is -0.112. The minimum absolute atomic E-state index is 0.0102. The number of rotatable bonds is 5. The summed E-state index contributed by atoms with van der Waals surface area (Å²) >= 11 is 0. The molecule has 2 rings (SSSR count). The van der Waals surface area contributed by atoms with Crippen LogP contribution in [-0.2, 0) is 14.1 Å². The molecule has 5 heteroatoms. The Morgan fingerprint density at radius 2 is 1.83 bits per heavy atom. The highest BCUT2D eigenvalue weighted by Crippen LogP contribution is 2.37. The van der Waals surface area contributed by atoms with Crippen LogP contribution in [0.3, 0.4) is 0 Å². The summed E-state index contributed by atoms with van der Waals surface area (Å²) < 4.78 is 18.0. The van der Waals surface area contributed by atoms with Crippen LogP contribution in [0.4, 0.5) is 0 Å². The molecule has 1 aromatic carbocycles. The zero-order chi connectivity index (χ0) is 17.3. The van der Waals surface area contributed by atoms with Crippen LogP contribution in [0.1, 0.15) is 47.1 Å². The monoisotopic (exact) mass is 316 g/mol. The average Bonchev–Trinajstić information content (AvgIpc) is 2.66. The fraction of sp³-hybridized carbons (Fsp3) is 0.500. The molecular weight excluding hydrogens is 291 g/mol. The molecule has 0 bridgehead atoms. The number of carbonyl (C=O) groups is 1. The number of hydrogen-bond acceptors (Lipinski definition) is 4. The SMILES string of the molecule is CCOc1ccc(/C=C/C(C)=O)cc1B1OC(C)(C)C(C)(C)O1. The Balaban J connectivity index is 2.39. The second-order valence-electron chi connectivity index (χ2n) is 6.76. The van der Waals surface area contributed by atoms with Crippen molar-refractivity contribution < 1.29 is 18.8 Å². The van der Waals surface area contributed by atoms with E-state index in [0.29, 0.717) is 6.61 Å². The molecule has 0 aliphatic carbocycles. The summed E-state index contributed by atoms with van der Waals surface area (Å²) in [6.45, 7) is 12.1. The summed E-state index contributed by atoms with van der Waals surface area (Å²) in [5.41, 5.74) is 0.934. The minimum Gasteiger partial charge on any atom is -0.494 e. The smallest absolute Gasteiger partial charge is 0.494 e. The third kappa shape index (κ3) is 3.85. The van der Waals surface area contributed by atoms with Crippen molar-refractivity contribution in [2.75, 3.05) is 6.61 Å². The van der Waals surface area contributed by atoms with E-state index in [1.54, 1.807) is 12.2 Å². The van der Waals surface area contributed by atoms with Gasteiger partial charge in [0.1, 0.15) is 5.75 Å². The van der Waals surface area contributed by atoms with Gasteiger partial charge in [0.25, 0.3) is 0 Å². The molecule has 1 aliphatic rings. The summed E-state index contributed by atoms with van der Waals surface area (Å²) in [6, 6.07) is 5.76. The normalized spacial score (nSPS) is 19.3. The summed E-state index contributed by atoms with van der Waals surface area (Å²) in [5, 5.41) is 0. The van der Waals surface area contributed by atoms with Gasteiger partial charge < -0.3 is 14.0 Å². The van der Waals surface area contributed by atoms with Crippen molar-refractivity contribution in [2.24, 2.45) is 0 Å². The van der Waals surface area contributed by atoms with Crippen molar-refractivity contribution in [1.29, 1.82) is 0 Å². The molecule has 1 aliphatic heterocycles. The number of benzene rings is 1. The Labute approximate surface area is 139 Å². The highest BCUT2D eigenvalue weighted by molar-refractivity contribution is 6.63. The first-order chi connectivity index (χ1) is 10.7.